The summed E-state index contributed by atoms with van der Waals surface area (Å²) in [4.78, 5) is 0.110. The number of ether oxygens (including phenoxy) is 1. The molecule has 6 heteroatoms. The van der Waals surface area contributed by atoms with Gasteiger partial charge in [-0.1, -0.05) is 18.2 Å². The largest absolute Gasteiger partial charge is 0.497 e. The molecule has 1 atom stereocenters. The Morgan fingerprint density at radius 3 is 2.52 bits per heavy atom. The first-order valence-electron chi connectivity index (χ1n) is 6.43. The van der Waals surface area contributed by atoms with Gasteiger partial charge in [-0.05, 0) is 36.8 Å². The SMILES string of the molecule is COc1cccc(NC(C)c2cccc(S(N)(=O)=O)c2)c1. The van der Waals surface area contributed by atoms with E-state index in [-0.39, 0.29) is 10.9 Å². The third-order valence-electron chi connectivity index (χ3n) is 3.14. The molecule has 2 aromatic rings. The average Bonchev–Trinajstić information content (AvgIpc) is 2.46. The Balaban J connectivity index is 2.22. The number of nitrogens with one attached hydrogen (secondary N) is 1. The van der Waals surface area contributed by atoms with Crippen molar-refractivity contribution < 1.29 is 13.2 Å². The number of hydrogen-bond donors (Lipinski definition) is 2. The number of methoxy groups -OCH3 is 1. The molecule has 21 heavy (non-hydrogen) atoms. The van der Waals surface area contributed by atoms with Gasteiger partial charge in [-0.25, -0.2) is 13.6 Å². The zero-order valence-corrected chi connectivity index (χ0v) is 12.7. The second-order valence-electron chi connectivity index (χ2n) is 4.72. The molecule has 0 bridgehead atoms. The van der Waals surface area contributed by atoms with Crippen molar-refractivity contribution in [2.24, 2.45) is 5.14 Å². The minimum atomic E-state index is -3.69. The maximum Gasteiger partial charge on any atom is 0.238 e. The highest BCUT2D eigenvalue weighted by Crippen LogP contribution is 2.23. The highest BCUT2D eigenvalue weighted by molar-refractivity contribution is 7.89. The van der Waals surface area contributed by atoms with Crippen LogP contribution in [0.3, 0.4) is 0 Å². The van der Waals surface area contributed by atoms with Crippen molar-refractivity contribution in [3.05, 3.63) is 54.1 Å². The van der Waals surface area contributed by atoms with Crippen LogP contribution in [0.5, 0.6) is 5.75 Å². The summed E-state index contributed by atoms with van der Waals surface area (Å²) in [7, 11) is -2.08. The molecule has 0 saturated heterocycles. The third-order valence-corrected chi connectivity index (χ3v) is 4.05. The molecule has 0 heterocycles. The quantitative estimate of drug-likeness (QED) is 0.889. The molecule has 0 spiro atoms. The Labute approximate surface area is 124 Å². The van der Waals surface area contributed by atoms with Crippen LogP contribution in [-0.2, 0) is 10.0 Å². The summed E-state index contributed by atoms with van der Waals surface area (Å²) in [5, 5.41) is 8.45. The normalized spacial score (nSPS) is 12.7. The van der Waals surface area contributed by atoms with Gasteiger partial charge in [0, 0.05) is 17.8 Å². The lowest BCUT2D eigenvalue weighted by atomic mass is 10.1. The van der Waals surface area contributed by atoms with Gasteiger partial charge in [0.1, 0.15) is 5.75 Å². The highest BCUT2D eigenvalue weighted by Gasteiger charge is 2.11. The molecule has 0 aliphatic rings. The fourth-order valence-corrected chi connectivity index (χ4v) is 2.58. The second kappa shape index (κ2) is 6.15. The third kappa shape index (κ3) is 3.96. The molecular weight excluding hydrogens is 288 g/mol. The van der Waals surface area contributed by atoms with E-state index in [2.05, 4.69) is 5.32 Å². The Hall–Kier alpha value is -2.05. The van der Waals surface area contributed by atoms with Crippen molar-refractivity contribution in [3.63, 3.8) is 0 Å². The molecule has 0 fully saturated rings. The molecule has 0 aromatic heterocycles. The molecule has 0 aliphatic carbocycles. The molecule has 1 unspecified atom stereocenters. The summed E-state index contributed by atoms with van der Waals surface area (Å²) < 4.78 is 28.0. The van der Waals surface area contributed by atoms with Gasteiger partial charge >= 0.3 is 0 Å². The predicted octanol–water partition coefficient (Wildman–Crippen LogP) is 2.52. The van der Waals surface area contributed by atoms with Gasteiger partial charge in [0.2, 0.25) is 10.0 Å². The Bertz CT molecular complexity index is 729. The fourth-order valence-electron chi connectivity index (χ4n) is 2.01. The number of primary sulfonamides is 1. The van der Waals surface area contributed by atoms with Gasteiger partial charge in [0.05, 0.1) is 12.0 Å². The van der Waals surface area contributed by atoms with Crippen molar-refractivity contribution in [2.45, 2.75) is 17.9 Å². The van der Waals surface area contributed by atoms with Crippen LogP contribution in [0.25, 0.3) is 0 Å². The zero-order valence-electron chi connectivity index (χ0n) is 11.9. The minimum Gasteiger partial charge on any atom is -0.497 e. The molecule has 2 aromatic carbocycles. The molecule has 112 valence electrons. The van der Waals surface area contributed by atoms with Crippen LogP contribution in [0.2, 0.25) is 0 Å². The van der Waals surface area contributed by atoms with E-state index in [4.69, 9.17) is 9.88 Å². The van der Waals surface area contributed by atoms with Gasteiger partial charge in [0.15, 0.2) is 0 Å². The van der Waals surface area contributed by atoms with Gasteiger partial charge in [0.25, 0.3) is 0 Å². The summed E-state index contributed by atoms with van der Waals surface area (Å²) in [6.45, 7) is 1.95. The standard InChI is InChI=1S/C15H18N2O3S/c1-11(17-13-6-4-7-14(10-13)20-2)12-5-3-8-15(9-12)21(16,18)19/h3-11,17H,1-2H3,(H2,16,18,19). The minimum absolute atomic E-state index is 0.0705. The van der Waals surface area contributed by atoms with E-state index in [1.807, 2.05) is 37.3 Å². The molecule has 0 aliphatic heterocycles. The lowest BCUT2D eigenvalue weighted by Gasteiger charge is -2.17. The van der Waals surface area contributed by atoms with Crippen LogP contribution >= 0.6 is 0 Å². The van der Waals surface area contributed by atoms with Crippen LogP contribution < -0.4 is 15.2 Å². The second-order valence-corrected chi connectivity index (χ2v) is 6.28. The smallest absolute Gasteiger partial charge is 0.238 e. The first kappa shape index (κ1) is 15.3. The van der Waals surface area contributed by atoms with E-state index in [0.717, 1.165) is 17.0 Å². The van der Waals surface area contributed by atoms with Crippen LogP contribution in [-0.4, -0.2) is 15.5 Å². The Morgan fingerprint density at radius 1 is 1.14 bits per heavy atom. The van der Waals surface area contributed by atoms with E-state index in [9.17, 15) is 8.42 Å². The van der Waals surface area contributed by atoms with Gasteiger partial charge in [-0.15, -0.1) is 0 Å². The van der Waals surface area contributed by atoms with E-state index < -0.39 is 10.0 Å². The molecule has 2 rings (SSSR count). The first-order chi connectivity index (χ1) is 9.90. The Kier molecular flexibility index (Phi) is 4.50. The van der Waals surface area contributed by atoms with E-state index >= 15 is 0 Å². The number of sulfonamides is 1. The monoisotopic (exact) mass is 306 g/mol. The van der Waals surface area contributed by atoms with Crippen LogP contribution in [0.4, 0.5) is 5.69 Å². The lowest BCUT2D eigenvalue weighted by Crippen LogP contribution is -2.13. The van der Waals surface area contributed by atoms with Crippen LogP contribution in [0.1, 0.15) is 18.5 Å². The summed E-state index contributed by atoms with van der Waals surface area (Å²) in [6, 6.07) is 14.1. The highest BCUT2D eigenvalue weighted by atomic mass is 32.2. The van der Waals surface area contributed by atoms with Crippen LogP contribution in [0.15, 0.2) is 53.4 Å². The number of rotatable bonds is 5. The average molecular weight is 306 g/mol. The van der Waals surface area contributed by atoms with Crippen LogP contribution in [0, 0.1) is 0 Å². The summed E-state index contributed by atoms with van der Waals surface area (Å²) >= 11 is 0. The zero-order chi connectivity index (χ0) is 15.5. The molecule has 0 radical (unpaired) electrons. The van der Waals surface area contributed by atoms with Crippen molar-refractivity contribution in [2.75, 3.05) is 12.4 Å². The summed E-state index contributed by atoms with van der Waals surface area (Å²) in [5.41, 5.74) is 1.73. The maximum absolute atomic E-state index is 11.4. The van der Waals surface area contributed by atoms with Gasteiger partial charge in [-0.2, -0.15) is 0 Å². The van der Waals surface area contributed by atoms with Crippen molar-refractivity contribution in [1.29, 1.82) is 0 Å². The number of anilines is 1. The molecule has 3 N–H and O–H groups in total. The maximum atomic E-state index is 11.4. The van der Waals surface area contributed by atoms with Crippen molar-refractivity contribution in [1.82, 2.24) is 0 Å². The molecule has 5 nitrogen and oxygen atoms in total. The lowest BCUT2D eigenvalue weighted by molar-refractivity contribution is 0.415. The fraction of sp³-hybridized carbons (Fsp3) is 0.200. The molecule has 0 saturated carbocycles. The van der Waals surface area contributed by atoms with E-state index in [1.165, 1.54) is 6.07 Å². The molecule has 0 amide bonds. The topological polar surface area (TPSA) is 81.4 Å². The predicted molar refractivity (Wildman–Crippen MR) is 82.8 cm³/mol. The van der Waals surface area contributed by atoms with Crippen molar-refractivity contribution >= 4 is 15.7 Å². The summed E-state index contributed by atoms with van der Waals surface area (Å²) in [5.74, 6) is 0.755. The van der Waals surface area contributed by atoms with Gasteiger partial charge < -0.3 is 10.1 Å². The first-order valence-corrected chi connectivity index (χ1v) is 7.98. The number of benzene rings is 2. The van der Waals surface area contributed by atoms with Gasteiger partial charge in [-0.3, -0.25) is 0 Å². The number of hydrogen-bond acceptors (Lipinski definition) is 4. The number of nitrogens with two attached hydrogens (primary N) is 1. The summed E-state index contributed by atoms with van der Waals surface area (Å²) in [6.07, 6.45) is 0. The van der Waals surface area contributed by atoms with E-state index in [1.54, 1.807) is 19.2 Å². The van der Waals surface area contributed by atoms with Crippen molar-refractivity contribution in [3.8, 4) is 5.75 Å². The Morgan fingerprint density at radius 2 is 1.86 bits per heavy atom. The molecular formula is C15H18N2O3S. The van der Waals surface area contributed by atoms with E-state index in [0.29, 0.717) is 0 Å².